The summed E-state index contributed by atoms with van der Waals surface area (Å²) >= 11 is 0. The number of unbranched alkanes of at least 4 members (excludes halogenated alkanes) is 41. The van der Waals surface area contributed by atoms with E-state index in [1.807, 2.05) is 0 Å². The number of carbonyl (C=O) groups is 2. The molecule has 5 heteroatoms. The zero-order valence-electron chi connectivity index (χ0n) is 45.0. The molecule has 0 unspecified atom stereocenters. The maximum Gasteiger partial charge on any atom is 0.305 e. The second-order valence-corrected chi connectivity index (χ2v) is 20.2. The Morgan fingerprint density at radius 2 is 0.530 bits per heavy atom. The lowest BCUT2D eigenvalue weighted by molar-refractivity contribution is -0.155. The number of rotatable bonds is 56. The molecule has 0 N–H and O–H groups in total. The first-order valence-electron chi connectivity index (χ1n) is 29.9. The number of hydrogen-bond acceptors (Lipinski definition) is 5. The maximum absolute atomic E-state index is 12.7. The van der Waals surface area contributed by atoms with Gasteiger partial charge in [-0.25, -0.2) is 0 Å². The van der Waals surface area contributed by atoms with Crippen LogP contribution in [-0.4, -0.2) is 37.9 Å². The van der Waals surface area contributed by atoms with Crippen molar-refractivity contribution in [1.82, 2.24) is 0 Å². The van der Waals surface area contributed by atoms with Gasteiger partial charge in [-0.05, 0) is 70.6 Å². The third kappa shape index (κ3) is 55.0. The predicted molar refractivity (Wildman–Crippen MR) is 289 cm³/mol. The highest BCUT2D eigenvalue weighted by molar-refractivity contribution is 5.69. The van der Waals surface area contributed by atoms with Gasteiger partial charge >= 0.3 is 11.9 Å². The lowest BCUT2D eigenvalue weighted by atomic mass is 10.0. The summed E-state index contributed by atoms with van der Waals surface area (Å²) in [5, 5.41) is 0. The Morgan fingerprint density at radius 3 is 0.803 bits per heavy atom. The van der Waals surface area contributed by atoms with Crippen LogP contribution in [0.15, 0.2) is 24.3 Å². The first-order chi connectivity index (χ1) is 32.6. The molecule has 390 valence electrons. The van der Waals surface area contributed by atoms with E-state index in [4.69, 9.17) is 14.2 Å². The molecular formula is C61H116O5. The van der Waals surface area contributed by atoms with Crippen molar-refractivity contribution in [1.29, 1.82) is 0 Å². The summed E-state index contributed by atoms with van der Waals surface area (Å²) in [5.74, 6) is -0.326. The van der Waals surface area contributed by atoms with Crippen LogP contribution in [0.5, 0.6) is 0 Å². The van der Waals surface area contributed by atoms with Crippen molar-refractivity contribution in [3.63, 3.8) is 0 Å². The zero-order valence-corrected chi connectivity index (χ0v) is 45.0. The van der Waals surface area contributed by atoms with Gasteiger partial charge < -0.3 is 14.2 Å². The highest BCUT2D eigenvalue weighted by Gasteiger charge is 2.16. The van der Waals surface area contributed by atoms with Gasteiger partial charge in [0.1, 0.15) is 19.3 Å². The molecule has 0 aromatic rings. The Hall–Kier alpha value is -1.62. The summed E-state index contributed by atoms with van der Waals surface area (Å²) in [5.41, 5.74) is 0. The number of esters is 2. The average Bonchev–Trinajstić information content (AvgIpc) is 3.32. The van der Waals surface area contributed by atoms with Crippen LogP contribution in [0.4, 0.5) is 0 Å². The van der Waals surface area contributed by atoms with Crippen molar-refractivity contribution < 1.29 is 23.8 Å². The van der Waals surface area contributed by atoms with Crippen LogP contribution in [0.2, 0.25) is 0 Å². The van der Waals surface area contributed by atoms with Crippen LogP contribution in [0.1, 0.15) is 329 Å². The Labute approximate surface area is 413 Å². The van der Waals surface area contributed by atoms with Crippen molar-refractivity contribution in [3.8, 4) is 0 Å². The topological polar surface area (TPSA) is 61.8 Å². The SMILES string of the molecule is CCCCCCCC/C=C\CCCCCCCCCCCC(=O)OC[C@H](COC(=O)CCCCCCC/C=C\CCCCCCCC)OCCCCCCCCCCCCCCCCCC. The highest BCUT2D eigenvalue weighted by Crippen LogP contribution is 2.16. The zero-order chi connectivity index (χ0) is 47.7. The van der Waals surface area contributed by atoms with Gasteiger partial charge in [0.25, 0.3) is 0 Å². The van der Waals surface area contributed by atoms with Crippen LogP contribution in [0.3, 0.4) is 0 Å². The molecule has 0 aliphatic carbocycles. The number of carbonyl (C=O) groups excluding carboxylic acids is 2. The van der Waals surface area contributed by atoms with E-state index in [2.05, 4.69) is 45.1 Å². The van der Waals surface area contributed by atoms with E-state index in [0.29, 0.717) is 19.4 Å². The average molecular weight is 930 g/mol. The maximum atomic E-state index is 12.7. The van der Waals surface area contributed by atoms with E-state index in [-0.39, 0.29) is 25.2 Å². The normalized spacial score (nSPS) is 12.2. The molecule has 0 saturated heterocycles. The fourth-order valence-electron chi connectivity index (χ4n) is 8.95. The van der Waals surface area contributed by atoms with Gasteiger partial charge in [0, 0.05) is 19.4 Å². The van der Waals surface area contributed by atoms with E-state index in [0.717, 1.165) is 44.9 Å². The minimum Gasteiger partial charge on any atom is -0.463 e. The molecule has 0 fully saturated rings. The summed E-state index contributed by atoms with van der Waals surface area (Å²) < 4.78 is 17.5. The minimum absolute atomic E-state index is 0.159. The molecule has 0 aromatic heterocycles. The van der Waals surface area contributed by atoms with E-state index >= 15 is 0 Å². The van der Waals surface area contributed by atoms with Crippen molar-refractivity contribution in [2.75, 3.05) is 19.8 Å². The van der Waals surface area contributed by atoms with Crippen molar-refractivity contribution in [2.45, 2.75) is 335 Å². The smallest absolute Gasteiger partial charge is 0.305 e. The summed E-state index contributed by atoms with van der Waals surface area (Å²) in [6, 6.07) is 0. The van der Waals surface area contributed by atoms with Gasteiger partial charge in [-0.1, -0.05) is 270 Å². The molecule has 0 aromatic carbocycles. The molecule has 66 heavy (non-hydrogen) atoms. The van der Waals surface area contributed by atoms with E-state index < -0.39 is 6.10 Å². The van der Waals surface area contributed by atoms with E-state index in [1.54, 1.807) is 0 Å². The van der Waals surface area contributed by atoms with Crippen molar-refractivity contribution in [2.24, 2.45) is 0 Å². The summed E-state index contributed by atoms with van der Waals surface area (Å²) in [6.45, 7) is 7.78. The third-order valence-electron chi connectivity index (χ3n) is 13.5. The van der Waals surface area contributed by atoms with Crippen LogP contribution < -0.4 is 0 Å². The summed E-state index contributed by atoms with van der Waals surface area (Å²) in [7, 11) is 0. The van der Waals surface area contributed by atoms with Crippen LogP contribution in [0.25, 0.3) is 0 Å². The lowest BCUT2D eigenvalue weighted by Crippen LogP contribution is -2.29. The molecule has 0 saturated carbocycles. The van der Waals surface area contributed by atoms with Crippen LogP contribution in [-0.2, 0) is 23.8 Å². The quantitative estimate of drug-likeness (QED) is 0.0345. The molecule has 0 spiro atoms. The molecule has 5 nitrogen and oxygen atoms in total. The molecule has 0 amide bonds. The Morgan fingerprint density at radius 1 is 0.303 bits per heavy atom. The number of allylic oxidation sites excluding steroid dienone is 4. The molecule has 1 atom stereocenters. The van der Waals surface area contributed by atoms with E-state index in [9.17, 15) is 9.59 Å². The lowest BCUT2D eigenvalue weighted by Gasteiger charge is -2.18. The Bertz CT molecular complexity index is 1010. The van der Waals surface area contributed by atoms with Gasteiger partial charge in [-0.15, -0.1) is 0 Å². The molecule has 0 bridgehead atoms. The molecule has 0 aliphatic heterocycles. The van der Waals surface area contributed by atoms with E-state index in [1.165, 1.54) is 250 Å². The predicted octanol–water partition coefficient (Wildman–Crippen LogP) is 20.4. The standard InChI is InChI=1S/C61H116O5/c1-4-7-10-13-16-19-22-25-28-30-31-32-34-37-40-43-46-49-52-55-61(63)66-58-59(64-56-53-50-47-44-41-38-35-29-26-23-20-17-14-11-8-5-2)57-65-60(62)54-51-48-45-42-39-36-33-27-24-21-18-15-12-9-6-3/h25,27-28,33,59H,4-24,26,29-32,34-58H2,1-3H3/b28-25-,33-27-/t59-/m0/s1. The number of hydrogen-bond donors (Lipinski definition) is 0. The number of ether oxygens (including phenoxy) is 3. The first-order valence-corrected chi connectivity index (χ1v) is 29.9. The van der Waals surface area contributed by atoms with Gasteiger partial charge in [0.2, 0.25) is 0 Å². The first kappa shape index (κ1) is 64.4. The molecule has 0 heterocycles. The molecule has 0 radical (unpaired) electrons. The Balaban J connectivity index is 4.21. The molecular weight excluding hydrogens is 813 g/mol. The third-order valence-corrected chi connectivity index (χ3v) is 13.5. The molecule has 0 rings (SSSR count). The monoisotopic (exact) mass is 929 g/mol. The summed E-state index contributed by atoms with van der Waals surface area (Å²) in [6.07, 6.45) is 69.4. The summed E-state index contributed by atoms with van der Waals surface area (Å²) in [4.78, 5) is 25.3. The minimum atomic E-state index is -0.399. The fraction of sp³-hybridized carbons (Fsp3) is 0.902. The van der Waals surface area contributed by atoms with Gasteiger partial charge in [-0.3, -0.25) is 9.59 Å². The largest absolute Gasteiger partial charge is 0.463 e. The van der Waals surface area contributed by atoms with Crippen molar-refractivity contribution >= 4 is 11.9 Å². The second kappa shape index (κ2) is 57.7. The second-order valence-electron chi connectivity index (χ2n) is 20.2. The van der Waals surface area contributed by atoms with Crippen LogP contribution in [0, 0.1) is 0 Å². The highest BCUT2D eigenvalue weighted by atomic mass is 16.6. The van der Waals surface area contributed by atoms with Crippen LogP contribution >= 0.6 is 0 Å². The van der Waals surface area contributed by atoms with Crippen molar-refractivity contribution in [3.05, 3.63) is 24.3 Å². The molecule has 0 aliphatic rings. The fourth-order valence-corrected chi connectivity index (χ4v) is 8.95. The van der Waals surface area contributed by atoms with Gasteiger partial charge in [0.15, 0.2) is 0 Å². The Kier molecular flexibility index (Phi) is 56.3. The van der Waals surface area contributed by atoms with Gasteiger partial charge in [-0.2, -0.15) is 0 Å². The van der Waals surface area contributed by atoms with Gasteiger partial charge in [0.05, 0.1) is 0 Å².